The van der Waals surface area contributed by atoms with Crippen molar-refractivity contribution in [1.29, 1.82) is 0 Å². The van der Waals surface area contributed by atoms with Gasteiger partial charge in [-0.15, -0.1) is 0 Å². The maximum Gasteiger partial charge on any atom is 0.156 e. The molecule has 0 spiro atoms. The van der Waals surface area contributed by atoms with Crippen LogP contribution in [0.1, 0.15) is 12.5 Å². The van der Waals surface area contributed by atoms with Crippen molar-refractivity contribution in [3.05, 3.63) is 35.9 Å². The van der Waals surface area contributed by atoms with E-state index < -0.39 is 0 Å². The topological polar surface area (TPSA) is 33.6 Å². The quantitative estimate of drug-likeness (QED) is 0.870. The van der Waals surface area contributed by atoms with Gasteiger partial charge < -0.3 is 10.1 Å². The van der Waals surface area contributed by atoms with E-state index in [0.717, 1.165) is 17.5 Å². The first-order valence-corrected chi connectivity index (χ1v) is 6.88. The number of thioether (sulfide) groups is 1. The molecule has 2 rings (SSSR count). The molecule has 1 unspecified atom stereocenters. The predicted octanol–water partition coefficient (Wildman–Crippen LogP) is 2.28. The van der Waals surface area contributed by atoms with Gasteiger partial charge in [0, 0.05) is 11.8 Å². The Hall–Kier alpha value is -1.000. The van der Waals surface area contributed by atoms with Crippen LogP contribution in [0, 0.1) is 0 Å². The van der Waals surface area contributed by atoms with Crippen LogP contribution in [0.4, 0.5) is 0 Å². The van der Waals surface area contributed by atoms with E-state index in [2.05, 4.69) is 29.4 Å². The zero-order valence-electron chi connectivity index (χ0n) is 10.1. The minimum atomic E-state index is 0.308. The van der Waals surface area contributed by atoms with Crippen molar-refractivity contribution in [2.45, 2.75) is 19.6 Å². The molecule has 1 atom stereocenters. The lowest BCUT2D eigenvalue weighted by atomic mass is 10.2. The molecule has 0 radical (unpaired) electrons. The second-order valence-electron chi connectivity index (χ2n) is 4.08. The van der Waals surface area contributed by atoms with Crippen LogP contribution in [-0.4, -0.2) is 30.1 Å². The van der Waals surface area contributed by atoms with E-state index in [4.69, 9.17) is 4.74 Å². The minimum absolute atomic E-state index is 0.308. The molecule has 0 saturated carbocycles. The lowest BCUT2D eigenvalue weighted by Crippen LogP contribution is -2.33. The highest BCUT2D eigenvalue weighted by Gasteiger charge is 2.10. The van der Waals surface area contributed by atoms with Crippen LogP contribution in [0.5, 0.6) is 0 Å². The van der Waals surface area contributed by atoms with Crippen molar-refractivity contribution < 1.29 is 4.74 Å². The molecule has 17 heavy (non-hydrogen) atoms. The summed E-state index contributed by atoms with van der Waals surface area (Å²) in [5.74, 6) is 1.10. The summed E-state index contributed by atoms with van der Waals surface area (Å²) in [6.07, 6.45) is 0. The Labute approximate surface area is 107 Å². The number of rotatable bonds is 5. The molecule has 1 N–H and O–H groups in total. The zero-order valence-corrected chi connectivity index (χ0v) is 10.9. The number of hydrogen-bond acceptors (Lipinski definition) is 4. The first-order chi connectivity index (χ1) is 8.34. The average molecular weight is 250 g/mol. The van der Waals surface area contributed by atoms with E-state index in [9.17, 15) is 0 Å². The van der Waals surface area contributed by atoms with Gasteiger partial charge in [0.15, 0.2) is 5.17 Å². The maximum absolute atomic E-state index is 5.67. The van der Waals surface area contributed by atoms with Gasteiger partial charge in [0.2, 0.25) is 0 Å². The highest BCUT2D eigenvalue weighted by Crippen LogP contribution is 2.09. The molecule has 1 aliphatic heterocycles. The standard InChI is InChI=1S/C13H18N2OS/c1-11(15-13-14-7-8-17-13)9-16-10-12-5-3-2-4-6-12/h2-6,11H,7-10H2,1H3,(H,14,15). The Bertz CT molecular complexity index is 367. The molecule has 0 aliphatic carbocycles. The summed E-state index contributed by atoms with van der Waals surface area (Å²) in [6, 6.07) is 10.5. The third-order valence-corrected chi connectivity index (χ3v) is 3.34. The Kier molecular flexibility index (Phi) is 4.88. The third-order valence-electron chi connectivity index (χ3n) is 2.43. The SMILES string of the molecule is CC(COCc1ccccc1)NC1=NCCS1. The molecule has 0 amide bonds. The summed E-state index contributed by atoms with van der Waals surface area (Å²) in [7, 11) is 0. The van der Waals surface area contributed by atoms with Crippen molar-refractivity contribution >= 4 is 16.9 Å². The fourth-order valence-corrected chi connectivity index (χ4v) is 2.45. The van der Waals surface area contributed by atoms with Crippen molar-refractivity contribution in [2.24, 2.45) is 4.99 Å². The van der Waals surface area contributed by atoms with E-state index in [0.29, 0.717) is 19.3 Å². The van der Waals surface area contributed by atoms with Crippen molar-refractivity contribution in [1.82, 2.24) is 5.32 Å². The van der Waals surface area contributed by atoms with E-state index in [1.54, 1.807) is 11.8 Å². The molecule has 0 saturated heterocycles. The van der Waals surface area contributed by atoms with E-state index in [1.807, 2.05) is 18.2 Å². The third kappa shape index (κ3) is 4.40. The van der Waals surface area contributed by atoms with Gasteiger partial charge in [-0.3, -0.25) is 4.99 Å². The minimum Gasteiger partial charge on any atom is -0.375 e. The molecule has 1 aromatic rings. The van der Waals surface area contributed by atoms with Crippen LogP contribution in [0.3, 0.4) is 0 Å². The number of nitrogens with zero attached hydrogens (tertiary/aromatic N) is 1. The lowest BCUT2D eigenvalue weighted by Gasteiger charge is -2.14. The maximum atomic E-state index is 5.67. The zero-order chi connectivity index (χ0) is 11.9. The molecule has 0 aromatic heterocycles. The molecule has 4 heteroatoms. The number of hydrogen-bond donors (Lipinski definition) is 1. The van der Waals surface area contributed by atoms with Gasteiger partial charge in [-0.2, -0.15) is 0 Å². The summed E-state index contributed by atoms with van der Waals surface area (Å²) < 4.78 is 5.67. The smallest absolute Gasteiger partial charge is 0.156 e. The van der Waals surface area contributed by atoms with Crippen LogP contribution in [0.25, 0.3) is 0 Å². The summed E-state index contributed by atoms with van der Waals surface area (Å²) >= 11 is 1.78. The van der Waals surface area contributed by atoms with Crippen LogP contribution < -0.4 is 5.32 Å². The number of ether oxygens (including phenoxy) is 1. The highest BCUT2D eigenvalue weighted by atomic mass is 32.2. The molecule has 0 fully saturated rings. The van der Waals surface area contributed by atoms with Crippen LogP contribution in [0.15, 0.2) is 35.3 Å². The predicted molar refractivity (Wildman–Crippen MR) is 73.5 cm³/mol. The Balaban J connectivity index is 1.64. The highest BCUT2D eigenvalue weighted by molar-refractivity contribution is 8.14. The van der Waals surface area contributed by atoms with E-state index in [1.165, 1.54) is 5.56 Å². The van der Waals surface area contributed by atoms with Crippen molar-refractivity contribution in [3.63, 3.8) is 0 Å². The number of aliphatic imine (C=N–C) groups is 1. The molecule has 0 bridgehead atoms. The molecular weight excluding hydrogens is 232 g/mol. The molecule has 1 aliphatic rings. The summed E-state index contributed by atoms with van der Waals surface area (Å²) in [4.78, 5) is 4.35. The normalized spacial score (nSPS) is 16.6. The Morgan fingerprint density at radius 3 is 2.94 bits per heavy atom. The molecule has 1 heterocycles. The van der Waals surface area contributed by atoms with Crippen molar-refractivity contribution in [3.8, 4) is 0 Å². The lowest BCUT2D eigenvalue weighted by molar-refractivity contribution is 0.107. The molecule has 92 valence electrons. The van der Waals surface area contributed by atoms with E-state index in [-0.39, 0.29) is 0 Å². The van der Waals surface area contributed by atoms with Gasteiger partial charge in [0.05, 0.1) is 19.8 Å². The van der Waals surface area contributed by atoms with E-state index >= 15 is 0 Å². The van der Waals surface area contributed by atoms with Gasteiger partial charge in [-0.25, -0.2) is 0 Å². The first-order valence-electron chi connectivity index (χ1n) is 5.90. The van der Waals surface area contributed by atoms with Gasteiger partial charge >= 0.3 is 0 Å². The Morgan fingerprint density at radius 1 is 1.41 bits per heavy atom. The van der Waals surface area contributed by atoms with Crippen LogP contribution in [-0.2, 0) is 11.3 Å². The first kappa shape index (κ1) is 12.5. The van der Waals surface area contributed by atoms with Crippen LogP contribution >= 0.6 is 11.8 Å². The summed E-state index contributed by atoms with van der Waals surface area (Å²) in [5.41, 5.74) is 1.22. The second kappa shape index (κ2) is 6.67. The number of benzene rings is 1. The molecule has 3 nitrogen and oxygen atoms in total. The second-order valence-corrected chi connectivity index (χ2v) is 5.17. The van der Waals surface area contributed by atoms with Gasteiger partial charge in [-0.1, -0.05) is 42.1 Å². The van der Waals surface area contributed by atoms with Gasteiger partial charge in [-0.05, 0) is 12.5 Å². The Morgan fingerprint density at radius 2 is 2.24 bits per heavy atom. The number of amidine groups is 1. The monoisotopic (exact) mass is 250 g/mol. The van der Waals surface area contributed by atoms with Gasteiger partial charge in [0.1, 0.15) is 0 Å². The number of nitrogens with one attached hydrogen (secondary N) is 1. The fourth-order valence-electron chi connectivity index (χ4n) is 1.60. The average Bonchev–Trinajstić information content (AvgIpc) is 2.83. The molecular formula is C13H18N2OS. The summed E-state index contributed by atoms with van der Waals surface area (Å²) in [6.45, 7) is 4.43. The fraction of sp³-hybridized carbons (Fsp3) is 0.462. The largest absolute Gasteiger partial charge is 0.375 e. The summed E-state index contributed by atoms with van der Waals surface area (Å²) in [5, 5.41) is 4.41. The van der Waals surface area contributed by atoms with Crippen molar-refractivity contribution in [2.75, 3.05) is 18.9 Å². The van der Waals surface area contributed by atoms with Crippen LogP contribution in [0.2, 0.25) is 0 Å². The van der Waals surface area contributed by atoms with Gasteiger partial charge in [0.25, 0.3) is 0 Å². The molecule has 1 aromatic carbocycles.